The third-order valence-corrected chi connectivity index (χ3v) is 4.06. The fourth-order valence-corrected chi connectivity index (χ4v) is 2.65. The summed E-state index contributed by atoms with van der Waals surface area (Å²) in [4.78, 5) is 4.27. The third kappa shape index (κ3) is 8.13. The molecule has 0 saturated carbocycles. The van der Waals surface area contributed by atoms with Crippen molar-refractivity contribution in [2.75, 3.05) is 26.8 Å². The molecule has 0 radical (unpaired) electrons. The Morgan fingerprint density at radius 1 is 0.963 bits per heavy atom. The first-order valence-corrected chi connectivity index (χ1v) is 9.60. The molecule has 2 N–H and O–H groups in total. The van der Waals surface area contributed by atoms with Gasteiger partial charge in [0.1, 0.15) is 5.75 Å². The molecule has 0 atom stereocenters. The molecule has 0 saturated heterocycles. The molecular formula is C22H31N3O2. The standard InChI is InChI=1S/C22H31N3O2/c1-3-27-21-14-8-7-13-20(21)17-25-22(23-2)24-15-9-10-16-26-18-19-11-5-4-6-12-19/h4-8,11-14H,3,9-10,15-18H2,1-2H3,(H2,23,24,25). The lowest BCUT2D eigenvalue weighted by Gasteiger charge is -2.14. The summed E-state index contributed by atoms with van der Waals surface area (Å²) in [5.41, 5.74) is 2.34. The molecule has 5 heteroatoms. The smallest absolute Gasteiger partial charge is 0.191 e. The second kappa shape index (κ2) is 12.8. The van der Waals surface area contributed by atoms with Gasteiger partial charge >= 0.3 is 0 Å². The predicted molar refractivity (Wildman–Crippen MR) is 111 cm³/mol. The maximum Gasteiger partial charge on any atom is 0.191 e. The van der Waals surface area contributed by atoms with Crippen molar-refractivity contribution in [2.24, 2.45) is 4.99 Å². The fourth-order valence-electron chi connectivity index (χ4n) is 2.65. The van der Waals surface area contributed by atoms with E-state index in [-0.39, 0.29) is 0 Å². The second-order valence-electron chi connectivity index (χ2n) is 6.14. The van der Waals surface area contributed by atoms with Crippen LogP contribution in [0.2, 0.25) is 0 Å². The fraction of sp³-hybridized carbons (Fsp3) is 0.409. The van der Waals surface area contributed by atoms with Crippen LogP contribution in [0, 0.1) is 0 Å². The number of benzene rings is 2. The molecule has 2 rings (SSSR count). The van der Waals surface area contributed by atoms with Gasteiger partial charge in [-0.1, -0.05) is 48.5 Å². The van der Waals surface area contributed by atoms with E-state index in [9.17, 15) is 0 Å². The van der Waals surface area contributed by atoms with Gasteiger partial charge in [-0.25, -0.2) is 0 Å². The van der Waals surface area contributed by atoms with Crippen LogP contribution in [0.5, 0.6) is 5.75 Å². The largest absolute Gasteiger partial charge is 0.494 e. The highest BCUT2D eigenvalue weighted by molar-refractivity contribution is 5.79. The minimum atomic E-state index is 0.663. The van der Waals surface area contributed by atoms with Crippen molar-refractivity contribution in [1.82, 2.24) is 10.6 Å². The zero-order chi connectivity index (χ0) is 19.2. The Morgan fingerprint density at radius 2 is 1.74 bits per heavy atom. The van der Waals surface area contributed by atoms with E-state index >= 15 is 0 Å². The zero-order valence-corrected chi connectivity index (χ0v) is 16.4. The first-order valence-electron chi connectivity index (χ1n) is 9.60. The lowest BCUT2D eigenvalue weighted by Crippen LogP contribution is -2.37. The van der Waals surface area contributed by atoms with E-state index in [4.69, 9.17) is 9.47 Å². The Kier molecular flexibility index (Phi) is 9.82. The number of unbranched alkanes of at least 4 members (excludes halogenated alkanes) is 1. The first-order chi connectivity index (χ1) is 13.3. The number of nitrogens with zero attached hydrogens (tertiary/aromatic N) is 1. The normalized spacial score (nSPS) is 11.3. The van der Waals surface area contributed by atoms with Crippen molar-refractivity contribution in [3.63, 3.8) is 0 Å². The molecule has 0 fully saturated rings. The van der Waals surface area contributed by atoms with E-state index in [1.807, 2.05) is 43.3 Å². The van der Waals surface area contributed by atoms with Crippen LogP contribution in [0.1, 0.15) is 30.9 Å². The van der Waals surface area contributed by atoms with Crippen molar-refractivity contribution < 1.29 is 9.47 Å². The number of hydrogen-bond donors (Lipinski definition) is 2. The summed E-state index contributed by atoms with van der Waals surface area (Å²) in [5.74, 6) is 1.71. The Labute approximate surface area is 162 Å². The van der Waals surface area contributed by atoms with Gasteiger partial charge in [0.2, 0.25) is 0 Å². The number of para-hydroxylation sites is 1. The van der Waals surface area contributed by atoms with E-state index in [1.54, 1.807) is 7.05 Å². The molecule has 146 valence electrons. The summed E-state index contributed by atoms with van der Waals surface area (Å²) < 4.78 is 11.4. The van der Waals surface area contributed by atoms with Crippen LogP contribution in [-0.4, -0.2) is 32.8 Å². The van der Waals surface area contributed by atoms with E-state index in [0.29, 0.717) is 19.8 Å². The summed E-state index contributed by atoms with van der Waals surface area (Å²) in [6.45, 7) is 5.64. The average Bonchev–Trinajstić information content (AvgIpc) is 2.71. The third-order valence-electron chi connectivity index (χ3n) is 4.06. The Hall–Kier alpha value is -2.53. The van der Waals surface area contributed by atoms with Gasteiger partial charge in [-0.05, 0) is 31.4 Å². The number of hydrogen-bond acceptors (Lipinski definition) is 3. The van der Waals surface area contributed by atoms with Crippen LogP contribution in [0.3, 0.4) is 0 Å². The monoisotopic (exact) mass is 369 g/mol. The number of ether oxygens (including phenoxy) is 2. The van der Waals surface area contributed by atoms with Crippen molar-refractivity contribution in [2.45, 2.75) is 32.9 Å². The minimum absolute atomic E-state index is 0.663. The molecule has 0 heterocycles. The Bertz CT molecular complexity index is 674. The van der Waals surface area contributed by atoms with Crippen LogP contribution >= 0.6 is 0 Å². The summed E-state index contributed by atoms with van der Waals surface area (Å²) in [7, 11) is 1.78. The number of guanidine groups is 1. The highest BCUT2D eigenvalue weighted by atomic mass is 16.5. The quantitative estimate of drug-likeness (QED) is 0.360. The Balaban J connectivity index is 1.59. The van der Waals surface area contributed by atoms with E-state index < -0.39 is 0 Å². The molecule has 0 spiro atoms. The van der Waals surface area contributed by atoms with Gasteiger partial charge in [-0.15, -0.1) is 0 Å². The van der Waals surface area contributed by atoms with Gasteiger partial charge in [-0.2, -0.15) is 0 Å². The molecule has 2 aromatic carbocycles. The van der Waals surface area contributed by atoms with Gasteiger partial charge in [0.25, 0.3) is 0 Å². The van der Waals surface area contributed by atoms with Crippen molar-refractivity contribution in [1.29, 1.82) is 0 Å². The second-order valence-corrected chi connectivity index (χ2v) is 6.14. The molecule has 0 unspecified atom stereocenters. The Morgan fingerprint density at radius 3 is 2.52 bits per heavy atom. The molecule has 0 aliphatic heterocycles. The number of aliphatic imine (C=N–C) groups is 1. The van der Waals surface area contributed by atoms with E-state index in [2.05, 4.69) is 33.8 Å². The highest BCUT2D eigenvalue weighted by Crippen LogP contribution is 2.17. The summed E-state index contributed by atoms with van der Waals surface area (Å²) in [6.07, 6.45) is 2.05. The molecule has 27 heavy (non-hydrogen) atoms. The topological polar surface area (TPSA) is 54.9 Å². The zero-order valence-electron chi connectivity index (χ0n) is 16.4. The van der Waals surface area contributed by atoms with Crippen molar-refractivity contribution in [3.8, 4) is 5.75 Å². The van der Waals surface area contributed by atoms with E-state index in [1.165, 1.54) is 5.56 Å². The van der Waals surface area contributed by atoms with Crippen LogP contribution in [-0.2, 0) is 17.9 Å². The minimum Gasteiger partial charge on any atom is -0.494 e. The van der Waals surface area contributed by atoms with E-state index in [0.717, 1.165) is 43.3 Å². The summed E-state index contributed by atoms with van der Waals surface area (Å²) in [6, 6.07) is 18.3. The predicted octanol–water partition coefficient (Wildman–Crippen LogP) is 3.75. The maximum atomic E-state index is 5.71. The molecule has 0 bridgehead atoms. The molecule has 0 amide bonds. The molecule has 0 aliphatic carbocycles. The van der Waals surface area contributed by atoms with Gasteiger partial charge in [-0.3, -0.25) is 4.99 Å². The lowest BCUT2D eigenvalue weighted by molar-refractivity contribution is 0.117. The average molecular weight is 370 g/mol. The van der Waals surface area contributed by atoms with Gasteiger partial charge in [0.05, 0.1) is 13.2 Å². The van der Waals surface area contributed by atoms with Crippen LogP contribution in [0.25, 0.3) is 0 Å². The number of rotatable bonds is 11. The van der Waals surface area contributed by atoms with Gasteiger partial charge in [0.15, 0.2) is 5.96 Å². The van der Waals surface area contributed by atoms with Crippen LogP contribution < -0.4 is 15.4 Å². The highest BCUT2D eigenvalue weighted by Gasteiger charge is 2.03. The van der Waals surface area contributed by atoms with Crippen molar-refractivity contribution >= 4 is 5.96 Å². The SMILES string of the molecule is CCOc1ccccc1CNC(=NC)NCCCCOCc1ccccc1. The molecular weight excluding hydrogens is 338 g/mol. The molecule has 2 aromatic rings. The van der Waals surface area contributed by atoms with Gasteiger partial charge in [0, 0.05) is 32.3 Å². The first kappa shape index (κ1) is 20.8. The van der Waals surface area contributed by atoms with Crippen LogP contribution in [0.4, 0.5) is 0 Å². The summed E-state index contributed by atoms with van der Waals surface area (Å²) in [5, 5.41) is 6.68. The lowest BCUT2D eigenvalue weighted by atomic mass is 10.2. The summed E-state index contributed by atoms with van der Waals surface area (Å²) >= 11 is 0. The number of nitrogens with one attached hydrogen (secondary N) is 2. The molecule has 5 nitrogen and oxygen atoms in total. The maximum absolute atomic E-state index is 5.71. The van der Waals surface area contributed by atoms with Crippen LogP contribution in [0.15, 0.2) is 59.6 Å². The van der Waals surface area contributed by atoms with Gasteiger partial charge < -0.3 is 20.1 Å². The molecule has 0 aromatic heterocycles. The van der Waals surface area contributed by atoms with Crippen molar-refractivity contribution in [3.05, 3.63) is 65.7 Å². The molecule has 0 aliphatic rings.